The molecule has 0 saturated carbocycles. The molecule has 0 aromatic heterocycles. The largest absolute Gasteiger partial charge is 0.0840 e. The lowest BCUT2D eigenvalue weighted by molar-refractivity contribution is 0.633. The van der Waals surface area contributed by atoms with Crippen molar-refractivity contribution in [1.29, 1.82) is 0 Å². The zero-order valence-corrected chi connectivity index (χ0v) is 5.30. The molecule has 0 aromatic carbocycles. The van der Waals surface area contributed by atoms with Crippen LogP contribution in [0.5, 0.6) is 0 Å². The van der Waals surface area contributed by atoms with Gasteiger partial charge in [-0.1, -0.05) is 31.2 Å². The maximum absolute atomic E-state index is 2.28. The van der Waals surface area contributed by atoms with Gasteiger partial charge in [-0.3, -0.25) is 0 Å². The van der Waals surface area contributed by atoms with Gasteiger partial charge in [-0.15, -0.1) is 0 Å². The molecule has 44 valence electrons. The van der Waals surface area contributed by atoms with Crippen molar-refractivity contribution in [2.75, 3.05) is 0 Å². The van der Waals surface area contributed by atoms with Gasteiger partial charge in [-0.05, 0) is 18.8 Å². The molecule has 0 bridgehead atoms. The molecule has 0 heterocycles. The lowest BCUT2D eigenvalue weighted by atomic mass is 9.99. The fourth-order valence-electron chi connectivity index (χ4n) is 0.935. The molecule has 1 rings (SSSR count). The zero-order chi connectivity index (χ0) is 5.82. The minimum absolute atomic E-state index is 0.819. The summed E-state index contributed by atoms with van der Waals surface area (Å²) in [6, 6.07) is 0. The molecule has 0 nitrogen and oxygen atoms in total. The Balaban J connectivity index is 2.40. The molecule has 0 N–H and O–H groups in total. The van der Waals surface area contributed by atoms with Crippen LogP contribution in [0.2, 0.25) is 0 Å². The molecule has 1 atom stereocenters. The minimum atomic E-state index is 0.819. The van der Waals surface area contributed by atoms with Gasteiger partial charge in [0.1, 0.15) is 0 Å². The Bertz CT molecular complexity index is 109. The Kier molecular flexibility index (Phi) is 1.90. The molecule has 0 saturated heterocycles. The van der Waals surface area contributed by atoms with Crippen LogP contribution >= 0.6 is 0 Å². The maximum atomic E-state index is 2.28. The second-order valence-electron chi connectivity index (χ2n) is 2.22. The van der Waals surface area contributed by atoms with Crippen molar-refractivity contribution in [2.24, 2.45) is 5.92 Å². The second kappa shape index (κ2) is 2.71. The summed E-state index contributed by atoms with van der Waals surface area (Å²) in [5.41, 5.74) is 0. The van der Waals surface area contributed by atoms with E-state index in [0.717, 1.165) is 5.92 Å². The standard InChI is InChI=1S/C8H12/c1-2-8-6-4-3-5-7-8/h3-6,8H,2,7H2,1H3. The van der Waals surface area contributed by atoms with Crippen LogP contribution in [0.3, 0.4) is 0 Å². The third-order valence-corrected chi connectivity index (χ3v) is 1.59. The first-order chi connectivity index (χ1) is 3.93. The van der Waals surface area contributed by atoms with E-state index in [1.54, 1.807) is 0 Å². The summed E-state index contributed by atoms with van der Waals surface area (Å²) in [5, 5.41) is 0. The zero-order valence-electron chi connectivity index (χ0n) is 5.30. The highest BCUT2D eigenvalue weighted by Crippen LogP contribution is 2.13. The highest BCUT2D eigenvalue weighted by atomic mass is 14.0. The van der Waals surface area contributed by atoms with E-state index in [2.05, 4.69) is 31.2 Å². The fourth-order valence-corrected chi connectivity index (χ4v) is 0.935. The third-order valence-electron chi connectivity index (χ3n) is 1.59. The first kappa shape index (κ1) is 5.61. The Morgan fingerprint density at radius 2 is 2.38 bits per heavy atom. The Hall–Kier alpha value is -0.520. The van der Waals surface area contributed by atoms with E-state index in [1.807, 2.05) is 0 Å². The van der Waals surface area contributed by atoms with Crippen molar-refractivity contribution in [1.82, 2.24) is 0 Å². The average molecular weight is 108 g/mol. The molecule has 0 heteroatoms. The highest BCUT2D eigenvalue weighted by molar-refractivity contribution is 5.10. The number of rotatable bonds is 1. The van der Waals surface area contributed by atoms with E-state index in [4.69, 9.17) is 0 Å². The normalized spacial score (nSPS) is 26.4. The lowest BCUT2D eigenvalue weighted by Crippen LogP contribution is -1.93. The first-order valence-corrected chi connectivity index (χ1v) is 3.27. The van der Waals surface area contributed by atoms with Crippen LogP contribution in [0.25, 0.3) is 0 Å². The van der Waals surface area contributed by atoms with Gasteiger partial charge in [0, 0.05) is 0 Å². The summed E-state index contributed by atoms with van der Waals surface area (Å²) in [6.07, 6.45) is 11.3. The van der Waals surface area contributed by atoms with Crippen molar-refractivity contribution < 1.29 is 0 Å². The van der Waals surface area contributed by atoms with E-state index in [1.165, 1.54) is 12.8 Å². The van der Waals surface area contributed by atoms with Crippen molar-refractivity contribution in [3.8, 4) is 0 Å². The third kappa shape index (κ3) is 1.22. The minimum Gasteiger partial charge on any atom is -0.0840 e. The van der Waals surface area contributed by atoms with Gasteiger partial charge in [0.25, 0.3) is 0 Å². The molecule has 0 fully saturated rings. The molecule has 0 amide bonds. The average Bonchev–Trinajstić information content (AvgIpc) is 1.90. The molecule has 0 radical (unpaired) electrons. The van der Waals surface area contributed by atoms with Crippen LogP contribution in [0, 0.1) is 5.92 Å². The van der Waals surface area contributed by atoms with E-state index in [9.17, 15) is 0 Å². The molecule has 0 aromatic rings. The molecule has 8 heavy (non-hydrogen) atoms. The van der Waals surface area contributed by atoms with E-state index in [-0.39, 0.29) is 0 Å². The van der Waals surface area contributed by atoms with Crippen molar-refractivity contribution in [3.05, 3.63) is 24.3 Å². The molecular formula is C8H12. The van der Waals surface area contributed by atoms with Crippen molar-refractivity contribution in [2.45, 2.75) is 19.8 Å². The predicted molar refractivity (Wildman–Crippen MR) is 36.7 cm³/mol. The molecule has 0 spiro atoms. The lowest BCUT2D eigenvalue weighted by Gasteiger charge is -2.07. The summed E-state index contributed by atoms with van der Waals surface area (Å²) in [6.45, 7) is 2.23. The van der Waals surface area contributed by atoms with E-state index in [0.29, 0.717) is 0 Å². The SMILES string of the molecule is CCC1C=CC=CC1. The predicted octanol–water partition coefficient (Wildman–Crippen LogP) is 2.53. The van der Waals surface area contributed by atoms with E-state index >= 15 is 0 Å². The number of hydrogen-bond donors (Lipinski definition) is 0. The Morgan fingerprint density at radius 1 is 1.50 bits per heavy atom. The first-order valence-electron chi connectivity index (χ1n) is 3.27. The second-order valence-corrected chi connectivity index (χ2v) is 2.22. The summed E-state index contributed by atoms with van der Waals surface area (Å²) >= 11 is 0. The van der Waals surface area contributed by atoms with Crippen molar-refractivity contribution >= 4 is 0 Å². The number of allylic oxidation sites excluding steroid dienone is 4. The molecule has 1 unspecified atom stereocenters. The van der Waals surface area contributed by atoms with Crippen LogP contribution in [0.15, 0.2) is 24.3 Å². The van der Waals surface area contributed by atoms with Gasteiger partial charge in [0.05, 0.1) is 0 Å². The van der Waals surface area contributed by atoms with Gasteiger partial charge >= 0.3 is 0 Å². The van der Waals surface area contributed by atoms with Crippen molar-refractivity contribution in [3.63, 3.8) is 0 Å². The van der Waals surface area contributed by atoms with Gasteiger partial charge in [-0.25, -0.2) is 0 Å². The fraction of sp³-hybridized carbons (Fsp3) is 0.500. The summed E-state index contributed by atoms with van der Waals surface area (Å²) in [5.74, 6) is 0.819. The van der Waals surface area contributed by atoms with E-state index < -0.39 is 0 Å². The van der Waals surface area contributed by atoms with Gasteiger partial charge in [0.15, 0.2) is 0 Å². The topological polar surface area (TPSA) is 0 Å². The molecule has 1 aliphatic rings. The van der Waals surface area contributed by atoms with Gasteiger partial charge < -0.3 is 0 Å². The number of hydrogen-bond acceptors (Lipinski definition) is 0. The molecule has 0 aliphatic heterocycles. The summed E-state index contributed by atoms with van der Waals surface area (Å²) in [7, 11) is 0. The van der Waals surface area contributed by atoms with Crippen LogP contribution in [0.1, 0.15) is 19.8 Å². The van der Waals surface area contributed by atoms with Crippen LogP contribution < -0.4 is 0 Å². The quantitative estimate of drug-likeness (QED) is 0.484. The monoisotopic (exact) mass is 108 g/mol. The summed E-state index contributed by atoms with van der Waals surface area (Å²) in [4.78, 5) is 0. The highest BCUT2D eigenvalue weighted by Gasteiger charge is 1.98. The smallest absolute Gasteiger partial charge is 0.0198 e. The maximum Gasteiger partial charge on any atom is -0.0198 e. The molecule has 1 aliphatic carbocycles. The van der Waals surface area contributed by atoms with Gasteiger partial charge in [-0.2, -0.15) is 0 Å². The van der Waals surface area contributed by atoms with Crippen LogP contribution in [-0.4, -0.2) is 0 Å². The summed E-state index contributed by atoms with van der Waals surface area (Å²) < 4.78 is 0. The van der Waals surface area contributed by atoms with Crippen LogP contribution in [0.4, 0.5) is 0 Å². The van der Waals surface area contributed by atoms with Crippen LogP contribution in [-0.2, 0) is 0 Å². The Labute approximate surface area is 50.9 Å². The molecular weight excluding hydrogens is 96.1 g/mol. The van der Waals surface area contributed by atoms with Gasteiger partial charge in [0.2, 0.25) is 0 Å². The Morgan fingerprint density at radius 3 is 2.75 bits per heavy atom.